The summed E-state index contributed by atoms with van der Waals surface area (Å²) in [5.41, 5.74) is 7.90. The van der Waals surface area contributed by atoms with Gasteiger partial charge >= 0.3 is 0 Å². The highest BCUT2D eigenvalue weighted by Crippen LogP contribution is 2.49. The number of para-hydroxylation sites is 2. The molecule has 7 aromatic rings. The first kappa shape index (κ1) is 24.3. The summed E-state index contributed by atoms with van der Waals surface area (Å²) in [5.74, 6) is 0.917. The predicted molar refractivity (Wildman–Crippen MR) is 175 cm³/mol. The Hall–Kier alpha value is -5.54. The van der Waals surface area contributed by atoms with E-state index >= 15 is 0 Å². The van der Waals surface area contributed by atoms with E-state index in [2.05, 4.69) is 162 Å². The van der Waals surface area contributed by atoms with E-state index < -0.39 is 0 Å². The van der Waals surface area contributed by atoms with Crippen molar-refractivity contribution in [2.24, 2.45) is 0 Å². The minimum Gasteiger partial charge on any atom is -0.464 e. The Kier molecular flexibility index (Phi) is 5.86. The van der Waals surface area contributed by atoms with Crippen LogP contribution >= 0.6 is 0 Å². The zero-order chi connectivity index (χ0) is 27.9. The van der Waals surface area contributed by atoms with Gasteiger partial charge in [-0.2, -0.15) is 0 Å². The molecule has 8 rings (SSSR count). The van der Waals surface area contributed by atoms with E-state index in [9.17, 15) is 0 Å². The molecule has 0 amide bonds. The summed E-state index contributed by atoms with van der Waals surface area (Å²) in [6, 6.07) is 55.5. The fourth-order valence-corrected chi connectivity index (χ4v) is 6.07. The number of hydrogen-bond donors (Lipinski definition) is 1. The molecule has 0 bridgehead atoms. The van der Waals surface area contributed by atoms with Crippen LogP contribution in [0.5, 0.6) is 5.75 Å². The van der Waals surface area contributed by atoms with E-state index in [1.54, 1.807) is 0 Å². The fraction of sp³-hybridized carbons (Fsp3) is 0.0256. The summed E-state index contributed by atoms with van der Waals surface area (Å²) >= 11 is 0. The number of rotatable bonds is 5. The summed E-state index contributed by atoms with van der Waals surface area (Å²) in [4.78, 5) is 2.29. The third-order valence-corrected chi connectivity index (χ3v) is 8.08. The van der Waals surface area contributed by atoms with E-state index in [1.165, 1.54) is 27.3 Å². The molecular formula is C39H28N2O. The molecule has 0 aromatic heterocycles. The Balaban J connectivity index is 1.20. The maximum atomic E-state index is 6.57. The average Bonchev–Trinajstić information content (AvgIpc) is 3.53. The van der Waals surface area contributed by atoms with Gasteiger partial charge in [0.15, 0.2) is 12.0 Å². The highest BCUT2D eigenvalue weighted by molar-refractivity contribution is 6.18. The highest BCUT2D eigenvalue weighted by atomic mass is 16.5. The lowest BCUT2D eigenvalue weighted by Gasteiger charge is -2.25. The second-order valence-electron chi connectivity index (χ2n) is 10.6. The van der Waals surface area contributed by atoms with Crippen molar-refractivity contribution in [1.82, 2.24) is 0 Å². The van der Waals surface area contributed by atoms with Crippen LogP contribution in [0.4, 0.5) is 22.7 Å². The van der Waals surface area contributed by atoms with Crippen LogP contribution in [0.2, 0.25) is 0 Å². The van der Waals surface area contributed by atoms with E-state index in [1.807, 2.05) is 6.07 Å². The molecule has 0 saturated carbocycles. The van der Waals surface area contributed by atoms with Crippen LogP contribution in [-0.2, 0) is 0 Å². The van der Waals surface area contributed by atoms with Crippen molar-refractivity contribution in [2.75, 3.05) is 10.2 Å². The van der Waals surface area contributed by atoms with Crippen LogP contribution < -0.4 is 15.0 Å². The van der Waals surface area contributed by atoms with Gasteiger partial charge in [-0.1, -0.05) is 109 Å². The molecule has 1 heterocycles. The van der Waals surface area contributed by atoms with Gasteiger partial charge in [-0.15, -0.1) is 0 Å². The lowest BCUT2D eigenvalue weighted by molar-refractivity contribution is 0.262. The maximum Gasteiger partial charge on any atom is 0.196 e. The molecule has 1 aliphatic rings. The molecule has 3 heteroatoms. The maximum absolute atomic E-state index is 6.57. The van der Waals surface area contributed by atoms with E-state index in [-0.39, 0.29) is 6.23 Å². The van der Waals surface area contributed by atoms with Crippen LogP contribution in [0, 0.1) is 0 Å². The van der Waals surface area contributed by atoms with E-state index in [0.29, 0.717) is 0 Å². The topological polar surface area (TPSA) is 24.5 Å². The molecule has 0 radical (unpaired) electrons. The van der Waals surface area contributed by atoms with Crippen LogP contribution in [0.15, 0.2) is 158 Å². The fourth-order valence-electron chi connectivity index (χ4n) is 6.07. The number of anilines is 4. The molecule has 1 unspecified atom stereocenters. The van der Waals surface area contributed by atoms with Gasteiger partial charge in [0.2, 0.25) is 0 Å². The number of ether oxygens (including phenoxy) is 1. The second kappa shape index (κ2) is 10.1. The van der Waals surface area contributed by atoms with E-state index in [4.69, 9.17) is 4.74 Å². The molecule has 200 valence electrons. The van der Waals surface area contributed by atoms with Crippen molar-refractivity contribution in [2.45, 2.75) is 6.23 Å². The van der Waals surface area contributed by atoms with Crippen LogP contribution in [-0.4, -0.2) is 0 Å². The number of benzene rings is 7. The summed E-state index contributed by atoms with van der Waals surface area (Å²) in [7, 11) is 0. The van der Waals surface area contributed by atoms with Gasteiger partial charge in [-0.25, -0.2) is 0 Å². The molecule has 42 heavy (non-hydrogen) atoms. The average molecular weight is 541 g/mol. The second-order valence-corrected chi connectivity index (χ2v) is 10.6. The van der Waals surface area contributed by atoms with Crippen LogP contribution in [0.1, 0.15) is 11.8 Å². The Labute approximate surface area is 245 Å². The van der Waals surface area contributed by atoms with Crippen molar-refractivity contribution in [3.05, 3.63) is 163 Å². The van der Waals surface area contributed by atoms with Gasteiger partial charge in [0.1, 0.15) is 0 Å². The van der Waals surface area contributed by atoms with Crippen LogP contribution in [0.3, 0.4) is 0 Å². The number of nitrogens with zero attached hydrogens (tertiary/aromatic N) is 1. The van der Waals surface area contributed by atoms with Crippen molar-refractivity contribution in [3.63, 3.8) is 0 Å². The van der Waals surface area contributed by atoms with Crippen molar-refractivity contribution in [3.8, 4) is 16.9 Å². The minimum atomic E-state index is -0.209. The third-order valence-electron chi connectivity index (χ3n) is 8.08. The molecular weight excluding hydrogens is 512 g/mol. The monoisotopic (exact) mass is 540 g/mol. The first-order valence-corrected chi connectivity index (χ1v) is 14.3. The van der Waals surface area contributed by atoms with Gasteiger partial charge in [0, 0.05) is 33.4 Å². The Morgan fingerprint density at radius 2 is 1.00 bits per heavy atom. The van der Waals surface area contributed by atoms with Crippen LogP contribution in [0.25, 0.3) is 32.7 Å². The largest absolute Gasteiger partial charge is 0.464 e. The first-order valence-electron chi connectivity index (χ1n) is 14.3. The number of nitrogens with one attached hydrogen (secondary N) is 1. The smallest absolute Gasteiger partial charge is 0.196 e. The summed E-state index contributed by atoms with van der Waals surface area (Å²) < 4.78 is 6.57. The molecule has 1 N–H and O–H groups in total. The highest BCUT2D eigenvalue weighted by Gasteiger charge is 2.28. The lowest BCUT2D eigenvalue weighted by Crippen LogP contribution is -2.09. The quantitative estimate of drug-likeness (QED) is 0.220. The normalized spacial score (nSPS) is 13.9. The van der Waals surface area contributed by atoms with E-state index in [0.717, 1.165) is 39.4 Å². The third kappa shape index (κ3) is 4.15. The van der Waals surface area contributed by atoms with Gasteiger partial charge in [-0.05, 0) is 70.4 Å². The van der Waals surface area contributed by atoms with Crippen molar-refractivity contribution >= 4 is 44.3 Å². The van der Waals surface area contributed by atoms with Gasteiger partial charge in [0.25, 0.3) is 0 Å². The molecule has 0 aliphatic carbocycles. The Morgan fingerprint density at radius 1 is 0.452 bits per heavy atom. The molecule has 0 saturated heterocycles. The summed E-state index contributed by atoms with van der Waals surface area (Å²) in [5, 5.41) is 8.35. The molecule has 1 atom stereocenters. The van der Waals surface area contributed by atoms with Gasteiger partial charge in [-0.3, -0.25) is 0 Å². The molecule has 3 nitrogen and oxygen atoms in total. The molecule has 0 fully saturated rings. The summed E-state index contributed by atoms with van der Waals surface area (Å²) in [6.45, 7) is 0. The Bertz CT molecular complexity index is 1980. The molecule has 0 spiro atoms. The standard InChI is InChI=1S/C39H28N2O/c1-4-12-28(13-5-1)39-40-37-34-19-11-10-18-33(34)36-26-29(22-25-35(36)38(37)42-39)27-20-23-32(24-21-27)41(30-14-6-2-7-15-30)31-16-8-3-9-17-31/h1-26,39-40H. The minimum absolute atomic E-state index is 0.209. The molecule has 1 aliphatic heterocycles. The number of fused-ring (bicyclic) bond motifs is 6. The SMILES string of the molecule is c1ccc(C2Nc3c(c4ccc(-c5ccc(N(c6ccccc6)c6ccccc6)cc5)cc4c4ccccc34)O2)cc1. The first-order chi connectivity index (χ1) is 20.8. The zero-order valence-corrected chi connectivity index (χ0v) is 22.9. The predicted octanol–water partition coefficient (Wildman–Crippen LogP) is 10.6. The van der Waals surface area contributed by atoms with Crippen molar-refractivity contribution in [1.29, 1.82) is 0 Å². The van der Waals surface area contributed by atoms with Gasteiger partial charge < -0.3 is 15.0 Å². The summed E-state index contributed by atoms with van der Waals surface area (Å²) in [6.07, 6.45) is -0.209. The zero-order valence-electron chi connectivity index (χ0n) is 22.9. The lowest BCUT2D eigenvalue weighted by atomic mass is 9.95. The number of hydrogen-bond acceptors (Lipinski definition) is 3. The Morgan fingerprint density at radius 3 is 1.67 bits per heavy atom. The molecule has 7 aromatic carbocycles. The van der Waals surface area contributed by atoms with Gasteiger partial charge in [0.05, 0.1) is 5.69 Å². The van der Waals surface area contributed by atoms with Crippen molar-refractivity contribution < 1.29 is 4.74 Å².